The standard InChI is InChI=1S/C27H22Cl2N2O5S/c1-2-35-23-13-17(7-12-22(23)36-16-25(32)30-20-10-8-19(28)9-11-20)14-24-26(33)31(27(34)37-24)15-18-5-3-4-6-21(18)29/h3-14H,2,15-16H2,1H3,(H,30,32)/b24-14-. The SMILES string of the molecule is CCOc1cc(/C=C2\SC(=O)N(Cc3ccccc3Cl)C2=O)ccc1OCC(=O)Nc1ccc(Cl)cc1. The van der Waals surface area contributed by atoms with Crippen LogP contribution in [0.3, 0.4) is 0 Å². The van der Waals surface area contributed by atoms with E-state index in [-0.39, 0.29) is 29.2 Å². The van der Waals surface area contributed by atoms with Crippen molar-refractivity contribution < 1.29 is 23.9 Å². The minimum absolute atomic E-state index is 0.0940. The summed E-state index contributed by atoms with van der Waals surface area (Å²) in [5.74, 6) is 0.0380. The van der Waals surface area contributed by atoms with Crippen molar-refractivity contribution in [2.45, 2.75) is 13.5 Å². The molecule has 0 saturated carbocycles. The van der Waals surface area contributed by atoms with Crippen molar-refractivity contribution in [3.05, 3.63) is 92.8 Å². The van der Waals surface area contributed by atoms with Crippen LogP contribution >= 0.6 is 35.0 Å². The van der Waals surface area contributed by atoms with Gasteiger partial charge in [-0.15, -0.1) is 0 Å². The number of ether oxygens (including phenoxy) is 2. The second-order valence-electron chi connectivity index (χ2n) is 7.84. The Morgan fingerprint density at radius 3 is 2.49 bits per heavy atom. The lowest BCUT2D eigenvalue weighted by Crippen LogP contribution is -2.27. The molecule has 1 fully saturated rings. The number of halogens is 2. The number of hydrogen-bond acceptors (Lipinski definition) is 6. The normalized spacial score (nSPS) is 14.2. The van der Waals surface area contributed by atoms with E-state index in [9.17, 15) is 14.4 Å². The molecule has 1 aliphatic heterocycles. The molecular weight excluding hydrogens is 535 g/mol. The first-order chi connectivity index (χ1) is 17.8. The Morgan fingerprint density at radius 1 is 1.00 bits per heavy atom. The first-order valence-electron chi connectivity index (χ1n) is 11.3. The van der Waals surface area contributed by atoms with E-state index < -0.39 is 5.91 Å². The van der Waals surface area contributed by atoms with Gasteiger partial charge in [-0.2, -0.15) is 0 Å². The number of amides is 3. The van der Waals surface area contributed by atoms with Crippen molar-refractivity contribution in [1.82, 2.24) is 4.90 Å². The fourth-order valence-electron chi connectivity index (χ4n) is 3.46. The molecule has 1 saturated heterocycles. The number of carbonyl (C=O) groups is 3. The quantitative estimate of drug-likeness (QED) is 0.297. The number of nitrogens with one attached hydrogen (secondary N) is 1. The van der Waals surface area contributed by atoms with Crippen LogP contribution in [0.2, 0.25) is 10.0 Å². The van der Waals surface area contributed by atoms with Crippen molar-refractivity contribution in [2.24, 2.45) is 0 Å². The third kappa shape index (κ3) is 6.85. The number of rotatable bonds is 9. The van der Waals surface area contributed by atoms with E-state index in [0.29, 0.717) is 45.0 Å². The zero-order valence-corrected chi connectivity index (χ0v) is 22.0. The molecule has 1 N–H and O–H groups in total. The fraction of sp³-hybridized carbons (Fsp3) is 0.148. The summed E-state index contributed by atoms with van der Waals surface area (Å²) in [6.07, 6.45) is 1.62. The molecule has 0 bridgehead atoms. The lowest BCUT2D eigenvalue weighted by atomic mass is 10.1. The van der Waals surface area contributed by atoms with Gasteiger partial charge in [0.25, 0.3) is 17.1 Å². The lowest BCUT2D eigenvalue weighted by molar-refractivity contribution is -0.123. The Kier molecular flexibility index (Phi) is 8.76. The van der Waals surface area contributed by atoms with Gasteiger partial charge in [0.05, 0.1) is 18.1 Å². The number of nitrogens with zero attached hydrogens (tertiary/aromatic N) is 1. The van der Waals surface area contributed by atoms with Crippen LogP contribution in [-0.2, 0) is 16.1 Å². The van der Waals surface area contributed by atoms with E-state index in [1.165, 1.54) is 0 Å². The van der Waals surface area contributed by atoms with E-state index in [1.54, 1.807) is 72.8 Å². The zero-order chi connectivity index (χ0) is 26.4. The predicted octanol–water partition coefficient (Wildman–Crippen LogP) is 6.65. The molecule has 0 spiro atoms. The average molecular weight is 557 g/mol. The maximum atomic E-state index is 12.9. The zero-order valence-electron chi connectivity index (χ0n) is 19.7. The Labute approximate surface area is 228 Å². The molecule has 7 nitrogen and oxygen atoms in total. The topological polar surface area (TPSA) is 84.9 Å². The van der Waals surface area contributed by atoms with E-state index in [1.807, 2.05) is 6.92 Å². The first-order valence-corrected chi connectivity index (χ1v) is 12.8. The second-order valence-corrected chi connectivity index (χ2v) is 9.68. The summed E-state index contributed by atoms with van der Waals surface area (Å²) in [6.45, 7) is 2.05. The van der Waals surface area contributed by atoms with Gasteiger partial charge in [0.15, 0.2) is 18.1 Å². The molecule has 0 unspecified atom stereocenters. The summed E-state index contributed by atoms with van der Waals surface area (Å²) < 4.78 is 11.4. The van der Waals surface area contributed by atoms with Crippen LogP contribution in [0.5, 0.6) is 11.5 Å². The molecule has 3 amide bonds. The molecule has 0 atom stereocenters. The minimum Gasteiger partial charge on any atom is -0.490 e. The monoisotopic (exact) mass is 556 g/mol. The molecule has 1 aliphatic rings. The predicted molar refractivity (Wildman–Crippen MR) is 146 cm³/mol. The van der Waals surface area contributed by atoms with Gasteiger partial charge in [0, 0.05) is 15.7 Å². The summed E-state index contributed by atoms with van der Waals surface area (Å²) >= 11 is 12.9. The van der Waals surface area contributed by atoms with Crippen LogP contribution in [-0.4, -0.2) is 35.2 Å². The highest BCUT2D eigenvalue weighted by Crippen LogP contribution is 2.36. The molecule has 3 aromatic rings. The number of anilines is 1. The van der Waals surface area contributed by atoms with Crippen LogP contribution in [0.1, 0.15) is 18.1 Å². The molecule has 0 radical (unpaired) electrons. The highest BCUT2D eigenvalue weighted by molar-refractivity contribution is 8.18. The van der Waals surface area contributed by atoms with Crippen LogP contribution in [0.4, 0.5) is 10.5 Å². The van der Waals surface area contributed by atoms with Gasteiger partial charge in [0.2, 0.25) is 0 Å². The van der Waals surface area contributed by atoms with E-state index in [2.05, 4.69) is 5.32 Å². The van der Waals surface area contributed by atoms with Crippen molar-refractivity contribution >= 4 is 63.8 Å². The van der Waals surface area contributed by atoms with Crippen molar-refractivity contribution in [3.8, 4) is 11.5 Å². The van der Waals surface area contributed by atoms with E-state index in [0.717, 1.165) is 16.7 Å². The van der Waals surface area contributed by atoms with Crippen LogP contribution in [0.25, 0.3) is 6.08 Å². The van der Waals surface area contributed by atoms with Crippen molar-refractivity contribution in [3.63, 3.8) is 0 Å². The van der Waals surface area contributed by atoms with Crippen LogP contribution < -0.4 is 14.8 Å². The van der Waals surface area contributed by atoms with Crippen molar-refractivity contribution in [1.29, 1.82) is 0 Å². The summed E-state index contributed by atoms with van der Waals surface area (Å²) in [5, 5.41) is 3.42. The summed E-state index contributed by atoms with van der Waals surface area (Å²) in [7, 11) is 0. The molecule has 37 heavy (non-hydrogen) atoms. The Morgan fingerprint density at radius 2 is 1.76 bits per heavy atom. The maximum absolute atomic E-state index is 12.9. The van der Waals surface area contributed by atoms with Gasteiger partial charge < -0.3 is 14.8 Å². The molecule has 4 rings (SSSR count). The summed E-state index contributed by atoms with van der Waals surface area (Å²) in [5.41, 5.74) is 1.93. The van der Waals surface area contributed by atoms with Gasteiger partial charge in [-0.25, -0.2) is 0 Å². The van der Waals surface area contributed by atoms with Gasteiger partial charge in [-0.05, 0) is 78.4 Å². The lowest BCUT2D eigenvalue weighted by Gasteiger charge is -2.14. The number of hydrogen-bond donors (Lipinski definition) is 1. The van der Waals surface area contributed by atoms with Gasteiger partial charge in [-0.3, -0.25) is 19.3 Å². The van der Waals surface area contributed by atoms with E-state index in [4.69, 9.17) is 32.7 Å². The van der Waals surface area contributed by atoms with Gasteiger partial charge >= 0.3 is 0 Å². The summed E-state index contributed by atoms with van der Waals surface area (Å²) in [6, 6.07) is 18.9. The number of carbonyl (C=O) groups excluding carboxylic acids is 3. The Bertz CT molecular complexity index is 1360. The molecule has 190 valence electrons. The third-order valence-electron chi connectivity index (χ3n) is 5.21. The molecule has 10 heteroatoms. The fourth-order valence-corrected chi connectivity index (χ4v) is 4.62. The highest BCUT2D eigenvalue weighted by Gasteiger charge is 2.35. The van der Waals surface area contributed by atoms with Crippen LogP contribution in [0.15, 0.2) is 71.6 Å². The van der Waals surface area contributed by atoms with Crippen LogP contribution in [0, 0.1) is 0 Å². The number of benzene rings is 3. The number of thioether (sulfide) groups is 1. The highest BCUT2D eigenvalue weighted by atomic mass is 35.5. The third-order valence-corrected chi connectivity index (χ3v) is 6.74. The van der Waals surface area contributed by atoms with Gasteiger partial charge in [0.1, 0.15) is 0 Å². The first kappa shape index (κ1) is 26.6. The van der Waals surface area contributed by atoms with Crippen molar-refractivity contribution in [2.75, 3.05) is 18.5 Å². The second kappa shape index (κ2) is 12.2. The minimum atomic E-state index is -0.396. The summed E-state index contributed by atoms with van der Waals surface area (Å²) in [4.78, 5) is 39.2. The van der Waals surface area contributed by atoms with E-state index >= 15 is 0 Å². The van der Waals surface area contributed by atoms with Gasteiger partial charge in [-0.1, -0.05) is 47.5 Å². The molecule has 0 aromatic heterocycles. The Balaban J connectivity index is 1.44. The molecule has 3 aromatic carbocycles. The molecule has 1 heterocycles. The molecule has 0 aliphatic carbocycles. The average Bonchev–Trinajstić information content (AvgIpc) is 3.13. The Hall–Kier alpha value is -3.46. The molecular formula is C27H22Cl2N2O5S. The largest absolute Gasteiger partial charge is 0.490 e. The maximum Gasteiger partial charge on any atom is 0.293 e. The number of imide groups is 1. The smallest absolute Gasteiger partial charge is 0.293 e.